The number of methoxy groups -OCH3 is 1. The average Bonchev–Trinajstić information content (AvgIpc) is 2.67. The summed E-state index contributed by atoms with van der Waals surface area (Å²) in [6, 6.07) is 6.97. The Morgan fingerprint density at radius 3 is 2.50 bits per heavy atom. The number of hydrogen-bond acceptors (Lipinski definition) is 6. The molecule has 26 heavy (non-hydrogen) atoms. The van der Waals surface area contributed by atoms with Crippen molar-refractivity contribution in [3.05, 3.63) is 24.3 Å². The van der Waals surface area contributed by atoms with Crippen molar-refractivity contribution in [3.8, 4) is 5.75 Å². The smallest absolute Gasteiger partial charge is 0.250 e. The maximum atomic E-state index is 11.8. The van der Waals surface area contributed by atoms with Gasteiger partial charge >= 0.3 is 0 Å². The van der Waals surface area contributed by atoms with E-state index in [2.05, 4.69) is 15.5 Å². The van der Waals surface area contributed by atoms with Gasteiger partial charge in [-0.05, 0) is 37.2 Å². The quantitative estimate of drug-likeness (QED) is 0.587. The van der Waals surface area contributed by atoms with Gasteiger partial charge in [0.2, 0.25) is 11.8 Å². The fraction of sp³-hybridized carbons (Fsp3) is 0.556. The maximum absolute atomic E-state index is 11.8. The van der Waals surface area contributed by atoms with Crippen LogP contribution < -0.4 is 15.4 Å². The van der Waals surface area contributed by atoms with Gasteiger partial charge in [-0.2, -0.15) is 0 Å². The standard InChI is InChI=1S/C18H27N3O5/c1-24-16-5-3-15(4-6-16)20-18(23)14-26-13-17(22)19-7-2-8-21-9-11-25-12-10-21/h3-6H,2,7-14H2,1H3,(H,19,22)(H,20,23). The van der Waals surface area contributed by atoms with E-state index in [0.29, 0.717) is 18.0 Å². The summed E-state index contributed by atoms with van der Waals surface area (Å²) >= 11 is 0. The summed E-state index contributed by atoms with van der Waals surface area (Å²) in [7, 11) is 1.58. The molecule has 0 atom stereocenters. The minimum Gasteiger partial charge on any atom is -0.497 e. The van der Waals surface area contributed by atoms with Crippen LogP contribution in [0, 0.1) is 0 Å². The number of anilines is 1. The van der Waals surface area contributed by atoms with Crippen LogP contribution in [0.2, 0.25) is 0 Å². The second kappa shape index (κ2) is 11.5. The van der Waals surface area contributed by atoms with E-state index in [1.807, 2.05) is 0 Å². The number of carbonyl (C=O) groups is 2. The van der Waals surface area contributed by atoms with Crippen LogP contribution in [0.5, 0.6) is 5.75 Å². The van der Waals surface area contributed by atoms with Crippen LogP contribution in [0.3, 0.4) is 0 Å². The second-order valence-corrected chi connectivity index (χ2v) is 5.93. The highest BCUT2D eigenvalue weighted by molar-refractivity contribution is 5.91. The largest absolute Gasteiger partial charge is 0.497 e. The van der Waals surface area contributed by atoms with Crippen molar-refractivity contribution in [2.45, 2.75) is 6.42 Å². The zero-order valence-corrected chi connectivity index (χ0v) is 15.2. The molecule has 1 aromatic rings. The van der Waals surface area contributed by atoms with E-state index in [1.54, 1.807) is 31.4 Å². The van der Waals surface area contributed by atoms with E-state index in [-0.39, 0.29) is 25.0 Å². The number of amides is 2. The summed E-state index contributed by atoms with van der Waals surface area (Å²) < 4.78 is 15.5. The fourth-order valence-electron chi connectivity index (χ4n) is 2.51. The van der Waals surface area contributed by atoms with Gasteiger partial charge < -0.3 is 24.8 Å². The first kappa shape index (κ1) is 20.2. The van der Waals surface area contributed by atoms with E-state index < -0.39 is 0 Å². The molecule has 1 saturated heterocycles. The van der Waals surface area contributed by atoms with Crippen molar-refractivity contribution >= 4 is 17.5 Å². The van der Waals surface area contributed by atoms with Gasteiger partial charge in [0.1, 0.15) is 19.0 Å². The Hall–Kier alpha value is -2.16. The summed E-state index contributed by atoms with van der Waals surface area (Å²) in [6.45, 7) is 4.67. The fourth-order valence-corrected chi connectivity index (χ4v) is 2.51. The number of morpholine rings is 1. The molecule has 0 bridgehead atoms. The molecule has 0 radical (unpaired) electrons. The molecule has 8 nitrogen and oxygen atoms in total. The third-order valence-corrected chi connectivity index (χ3v) is 3.92. The highest BCUT2D eigenvalue weighted by Gasteiger charge is 2.10. The molecule has 1 aromatic carbocycles. The third kappa shape index (κ3) is 7.81. The minimum atomic E-state index is -0.310. The van der Waals surface area contributed by atoms with Crippen molar-refractivity contribution in [2.24, 2.45) is 0 Å². The number of hydrogen-bond donors (Lipinski definition) is 2. The van der Waals surface area contributed by atoms with Crippen LogP contribution in [0.4, 0.5) is 5.69 Å². The van der Waals surface area contributed by atoms with Gasteiger partial charge in [0, 0.05) is 25.3 Å². The molecule has 1 aliphatic rings. The van der Waals surface area contributed by atoms with Crippen molar-refractivity contribution in [2.75, 3.05) is 65.0 Å². The molecular weight excluding hydrogens is 338 g/mol. The van der Waals surface area contributed by atoms with Crippen LogP contribution in [-0.4, -0.2) is 76.4 Å². The molecule has 1 heterocycles. The molecule has 0 unspecified atom stereocenters. The number of benzene rings is 1. The Labute approximate surface area is 153 Å². The molecule has 144 valence electrons. The van der Waals surface area contributed by atoms with Gasteiger partial charge in [-0.15, -0.1) is 0 Å². The van der Waals surface area contributed by atoms with Gasteiger partial charge in [0.15, 0.2) is 0 Å². The summed E-state index contributed by atoms with van der Waals surface area (Å²) in [6.07, 6.45) is 0.879. The van der Waals surface area contributed by atoms with Crippen LogP contribution in [0.25, 0.3) is 0 Å². The number of nitrogens with zero attached hydrogens (tertiary/aromatic N) is 1. The highest BCUT2D eigenvalue weighted by Crippen LogP contribution is 2.14. The average molecular weight is 365 g/mol. The molecule has 0 aromatic heterocycles. The zero-order chi connectivity index (χ0) is 18.6. The number of ether oxygens (including phenoxy) is 3. The summed E-state index contributed by atoms with van der Waals surface area (Å²) in [5.41, 5.74) is 0.645. The monoisotopic (exact) mass is 365 g/mol. The van der Waals surface area contributed by atoms with Gasteiger partial charge in [0.05, 0.1) is 20.3 Å². The lowest BCUT2D eigenvalue weighted by molar-refractivity contribution is -0.128. The van der Waals surface area contributed by atoms with Gasteiger partial charge in [-0.1, -0.05) is 0 Å². The number of rotatable bonds is 10. The number of nitrogens with one attached hydrogen (secondary N) is 2. The Morgan fingerprint density at radius 1 is 1.12 bits per heavy atom. The van der Waals surface area contributed by atoms with E-state index in [0.717, 1.165) is 39.3 Å². The van der Waals surface area contributed by atoms with Crippen LogP contribution in [-0.2, 0) is 19.1 Å². The van der Waals surface area contributed by atoms with Gasteiger partial charge in [-0.25, -0.2) is 0 Å². The van der Waals surface area contributed by atoms with E-state index in [4.69, 9.17) is 14.2 Å². The first-order chi connectivity index (χ1) is 12.7. The van der Waals surface area contributed by atoms with Crippen LogP contribution in [0.15, 0.2) is 24.3 Å². The molecule has 0 spiro atoms. The maximum Gasteiger partial charge on any atom is 0.250 e. The predicted molar refractivity (Wildman–Crippen MR) is 97.3 cm³/mol. The third-order valence-electron chi connectivity index (χ3n) is 3.92. The molecule has 2 N–H and O–H groups in total. The Bertz CT molecular complexity index is 558. The van der Waals surface area contributed by atoms with E-state index in [9.17, 15) is 9.59 Å². The molecule has 2 rings (SSSR count). The first-order valence-corrected chi connectivity index (χ1v) is 8.76. The van der Waals surface area contributed by atoms with E-state index in [1.165, 1.54) is 0 Å². The number of carbonyl (C=O) groups excluding carboxylic acids is 2. The molecule has 0 aliphatic carbocycles. The van der Waals surface area contributed by atoms with Crippen molar-refractivity contribution in [3.63, 3.8) is 0 Å². The molecular formula is C18H27N3O5. The highest BCUT2D eigenvalue weighted by atomic mass is 16.5. The Balaban J connectivity index is 1.50. The van der Waals surface area contributed by atoms with Crippen molar-refractivity contribution < 1.29 is 23.8 Å². The first-order valence-electron chi connectivity index (χ1n) is 8.76. The Kier molecular flexibility index (Phi) is 8.88. The molecule has 1 fully saturated rings. The molecule has 8 heteroatoms. The summed E-state index contributed by atoms with van der Waals surface area (Å²) in [5, 5.41) is 5.48. The molecule has 2 amide bonds. The predicted octanol–water partition coefficient (Wildman–Crippen LogP) is 0.489. The Morgan fingerprint density at radius 2 is 1.81 bits per heavy atom. The SMILES string of the molecule is COc1ccc(NC(=O)COCC(=O)NCCCN2CCOCC2)cc1. The minimum absolute atomic E-state index is 0.131. The lowest BCUT2D eigenvalue weighted by Crippen LogP contribution is -2.38. The zero-order valence-electron chi connectivity index (χ0n) is 15.2. The lowest BCUT2D eigenvalue weighted by Gasteiger charge is -2.26. The van der Waals surface area contributed by atoms with Gasteiger partial charge in [0.25, 0.3) is 0 Å². The van der Waals surface area contributed by atoms with Crippen molar-refractivity contribution in [1.29, 1.82) is 0 Å². The van der Waals surface area contributed by atoms with Gasteiger partial charge in [-0.3, -0.25) is 14.5 Å². The second-order valence-electron chi connectivity index (χ2n) is 5.93. The van der Waals surface area contributed by atoms with Crippen LogP contribution >= 0.6 is 0 Å². The van der Waals surface area contributed by atoms with Crippen LogP contribution in [0.1, 0.15) is 6.42 Å². The lowest BCUT2D eigenvalue weighted by atomic mass is 10.3. The molecule has 0 saturated carbocycles. The normalized spacial score (nSPS) is 14.7. The molecule has 1 aliphatic heterocycles. The van der Waals surface area contributed by atoms with E-state index >= 15 is 0 Å². The van der Waals surface area contributed by atoms with Crippen molar-refractivity contribution in [1.82, 2.24) is 10.2 Å². The summed E-state index contributed by atoms with van der Waals surface area (Å²) in [5.74, 6) is 0.184. The summed E-state index contributed by atoms with van der Waals surface area (Å²) in [4.78, 5) is 25.8. The topological polar surface area (TPSA) is 89.1 Å².